The van der Waals surface area contributed by atoms with Crippen LogP contribution in [0.25, 0.3) is 0 Å². The standard InChI is InChI=1S/C21H24O6/c1-23-13-8-9-18(25-3)15(10-13)21-14-6-5-7-17(24-2)16(14)12-27-19(21)11-20(22)26-4/h5-10,19,21H,11-12H2,1-4H3/t19-,21-/m1/s1. The van der Waals surface area contributed by atoms with Crippen molar-refractivity contribution in [1.82, 2.24) is 0 Å². The zero-order chi connectivity index (χ0) is 19.4. The lowest BCUT2D eigenvalue weighted by molar-refractivity contribution is -0.144. The second kappa shape index (κ2) is 8.31. The number of carbonyl (C=O) groups is 1. The van der Waals surface area contributed by atoms with Gasteiger partial charge in [0, 0.05) is 17.0 Å². The molecule has 3 rings (SSSR count). The van der Waals surface area contributed by atoms with Gasteiger partial charge in [0.2, 0.25) is 0 Å². The Kier molecular flexibility index (Phi) is 5.86. The number of fused-ring (bicyclic) bond motifs is 1. The van der Waals surface area contributed by atoms with E-state index in [1.165, 1.54) is 7.11 Å². The molecule has 2 atom stereocenters. The summed E-state index contributed by atoms with van der Waals surface area (Å²) < 4.78 is 27.5. The van der Waals surface area contributed by atoms with Crippen molar-refractivity contribution in [2.75, 3.05) is 28.4 Å². The van der Waals surface area contributed by atoms with Gasteiger partial charge in [-0.3, -0.25) is 4.79 Å². The monoisotopic (exact) mass is 372 g/mol. The van der Waals surface area contributed by atoms with Gasteiger partial charge in [-0.1, -0.05) is 12.1 Å². The Balaban J connectivity index is 2.16. The van der Waals surface area contributed by atoms with E-state index >= 15 is 0 Å². The molecule has 0 unspecified atom stereocenters. The summed E-state index contributed by atoms with van der Waals surface area (Å²) in [6.45, 7) is 0.365. The van der Waals surface area contributed by atoms with Crippen LogP contribution < -0.4 is 14.2 Å². The SMILES string of the molecule is COC(=O)C[C@H]1OCc2c(OC)cccc2[C@@H]1c1cc(OC)ccc1OC. The van der Waals surface area contributed by atoms with Crippen molar-refractivity contribution < 1.29 is 28.5 Å². The van der Waals surface area contributed by atoms with E-state index in [9.17, 15) is 4.79 Å². The van der Waals surface area contributed by atoms with E-state index in [0.29, 0.717) is 18.1 Å². The summed E-state index contributed by atoms with van der Waals surface area (Å²) in [6, 6.07) is 11.5. The highest BCUT2D eigenvalue weighted by molar-refractivity contribution is 5.70. The van der Waals surface area contributed by atoms with Crippen molar-refractivity contribution >= 4 is 5.97 Å². The fourth-order valence-electron chi connectivity index (χ4n) is 3.58. The highest BCUT2D eigenvalue weighted by atomic mass is 16.5. The molecule has 2 aromatic carbocycles. The average molecular weight is 372 g/mol. The van der Waals surface area contributed by atoms with Crippen LogP contribution in [0, 0.1) is 0 Å². The fourth-order valence-corrected chi connectivity index (χ4v) is 3.58. The van der Waals surface area contributed by atoms with Crippen molar-refractivity contribution in [3.63, 3.8) is 0 Å². The summed E-state index contributed by atoms with van der Waals surface area (Å²) in [6.07, 6.45) is -0.254. The van der Waals surface area contributed by atoms with Crippen LogP contribution in [0.1, 0.15) is 29.0 Å². The second-order valence-corrected chi connectivity index (χ2v) is 6.24. The van der Waals surface area contributed by atoms with Crippen LogP contribution in [0.15, 0.2) is 36.4 Å². The molecule has 0 fully saturated rings. The third-order valence-corrected chi connectivity index (χ3v) is 4.91. The minimum Gasteiger partial charge on any atom is -0.497 e. The number of ether oxygens (including phenoxy) is 5. The Morgan fingerprint density at radius 2 is 1.78 bits per heavy atom. The van der Waals surface area contributed by atoms with Crippen molar-refractivity contribution in [3.8, 4) is 17.2 Å². The molecule has 2 aromatic rings. The smallest absolute Gasteiger partial charge is 0.308 e. The Morgan fingerprint density at radius 3 is 2.44 bits per heavy atom. The van der Waals surface area contributed by atoms with E-state index in [1.807, 2.05) is 36.4 Å². The summed E-state index contributed by atoms with van der Waals surface area (Å²) in [5, 5.41) is 0. The maximum atomic E-state index is 12.0. The van der Waals surface area contributed by atoms with Crippen LogP contribution in [0.2, 0.25) is 0 Å². The molecule has 6 heteroatoms. The molecule has 0 amide bonds. The lowest BCUT2D eigenvalue weighted by Crippen LogP contribution is -2.32. The fraction of sp³-hybridized carbons (Fsp3) is 0.381. The normalized spacial score (nSPS) is 18.4. The van der Waals surface area contributed by atoms with Gasteiger partial charge in [-0.15, -0.1) is 0 Å². The van der Waals surface area contributed by atoms with Crippen LogP contribution in [-0.2, 0) is 20.9 Å². The Morgan fingerprint density at radius 1 is 1.00 bits per heavy atom. The molecular weight excluding hydrogens is 348 g/mol. The molecule has 144 valence electrons. The number of rotatable bonds is 6. The van der Waals surface area contributed by atoms with Gasteiger partial charge in [0.1, 0.15) is 17.2 Å². The third-order valence-electron chi connectivity index (χ3n) is 4.91. The van der Waals surface area contributed by atoms with E-state index in [0.717, 1.165) is 22.4 Å². The summed E-state index contributed by atoms with van der Waals surface area (Å²) in [7, 11) is 6.25. The molecule has 1 heterocycles. The molecule has 1 aliphatic rings. The topological polar surface area (TPSA) is 63.2 Å². The minimum absolute atomic E-state index is 0.137. The van der Waals surface area contributed by atoms with E-state index in [1.54, 1.807) is 21.3 Å². The predicted octanol–water partition coefficient (Wildman–Crippen LogP) is 3.31. The van der Waals surface area contributed by atoms with Crippen molar-refractivity contribution in [3.05, 3.63) is 53.1 Å². The highest BCUT2D eigenvalue weighted by Crippen LogP contribution is 2.45. The van der Waals surface area contributed by atoms with E-state index in [4.69, 9.17) is 23.7 Å². The van der Waals surface area contributed by atoms with Gasteiger partial charge in [-0.25, -0.2) is 0 Å². The molecule has 1 aliphatic heterocycles. The zero-order valence-electron chi connectivity index (χ0n) is 16.0. The van der Waals surface area contributed by atoms with Gasteiger partial charge in [-0.2, -0.15) is 0 Å². The van der Waals surface area contributed by atoms with Gasteiger partial charge >= 0.3 is 5.97 Å². The Hall–Kier alpha value is -2.73. The number of hydrogen-bond donors (Lipinski definition) is 0. The zero-order valence-corrected chi connectivity index (χ0v) is 16.0. The lowest BCUT2D eigenvalue weighted by Gasteiger charge is -2.35. The van der Waals surface area contributed by atoms with Crippen LogP contribution in [0.5, 0.6) is 17.2 Å². The highest BCUT2D eigenvalue weighted by Gasteiger charge is 2.36. The summed E-state index contributed by atoms with van der Waals surface area (Å²) >= 11 is 0. The molecule has 0 bridgehead atoms. The molecule has 6 nitrogen and oxygen atoms in total. The number of esters is 1. The first kappa shape index (κ1) is 19.0. The van der Waals surface area contributed by atoms with Gasteiger partial charge in [0.05, 0.1) is 47.6 Å². The second-order valence-electron chi connectivity index (χ2n) is 6.24. The summed E-state index contributed by atoms with van der Waals surface area (Å²) in [5.74, 6) is 1.62. The molecule has 0 aromatic heterocycles. The molecule has 0 spiro atoms. The van der Waals surface area contributed by atoms with Gasteiger partial charge in [-0.05, 0) is 29.8 Å². The minimum atomic E-state index is -0.391. The molecule has 27 heavy (non-hydrogen) atoms. The van der Waals surface area contributed by atoms with Gasteiger partial charge in [0.15, 0.2) is 0 Å². The largest absolute Gasteiger partial charge is 0.497 e. The van der Waals surface area contributed by atoms with Crippen molar-refractivity contribution in [2.45, 2.75) is 25.0 Å². The van der Waals surface area contributed by atoms with Crippen LogP contribution in [0.3, 0.4) is 0 Å². The van der Waals surface area contributed by atoms with E-state index in [2.05, 4.69) is 0 Å². The molecule has 0 radical (unpaired) electrons. The van der Waals surface area contributed by atoms with Crippen molar-refractivity contribution in [1.29, 1.82) is 0 Å². The molecule has 0 N–H and O–H groups in total. The first-order valence-corrected chi connectivity index (χ1v) is 8.69. The Bertz CT molecular complexity index is 816. The Labute approximate surface area is 158 Å². The van der Waals surface area contributed by atoms with Crippen LogP contribution >= 0.6 is 0 Å². The van der Waals surface area contributed by atoms with E-state index < -0.39 is 6.10 Å². The quantitative estimate of drug-likeness (QED) is 0.725. The summed E-state index contributed by atoms with van der Waals surface area (Å²) in [5.41, 5.74) is 2.90. The number of carbonyl (C=O) groups excluding carboxylic acids is 1. The number of methoxy groups -OCH3 is 4. The first-order chi connectivity index (χ1) is 13.1. The third kappa shape index (κ3) is 3.71. The predicted molar refractivity (Wildman–Crippen MR) is 99.6 cm³/mol. The molecular formula is C21H24O6. The average Bonchev–Trinajstić information content (AvgIpc) is 2.72. The van der Waals surface area contributed by atoms with Gasteiger partial charge in [0.25, 0.3) is 0 Å². The maximum Gasteiger partial charge on any atom is 0.308 e. The number of hydrogen-bond acceptors (Lipinski definition) is 6. The van der Waals surface area contributed by atoms with E-state index in [-0.39, 0.29) is 18.3 Å². The number of benzene rings is 2. The molecule has 0 aliphatic carbocycles. The van der Waals surface area contributed by atoms with Crippen LogP contribution in [0.4, 0.5) is 0 Å². The summed E-state index contributed by atoms with van der Waals surface area (Å²) in [4.78, 5) is 12.0. The van der Waals surface area contributed by atoms with Crippen molar-refractivity contribution in [2.24, 2.45) is 0 Å². The molecule has 0 saturated heterocycles. The first-order valence-electron chi connectivity index (χ1n) is 8.69. The lowest BCUT2D eigenvalue weighted by atomic mass is 9.80. The van der Waals surface area contributed by atoms with Gasteiger partial charge < -0.3 is 23.7 Å². The maximum absolute atomic E-state index is 12.0. The molecule has 0 saturated carbocycles. The van der Waals surface area contributed by atoms with Crippen LogP contribution in [-0.4, -0.2) is 40.5 Å².